The monoisotopic (exact) mass is 536 g/mol. The third kappa shape index (κ3) is 18.6. The van der Waals surface area contributed by atoms with Crippen molar-refractivity contribution in [2.45, 2.75) is 128 Å². The van der Waals surface area contributed by atoms with Crippen molar-refractivity contribution in [1.82, 2.24) is 0 Å². The van der Waals surface area contributed by atoms with Gasteiger partial charge >= 0.3 is 0 Å². The summed E-state index contributed by atoms with van der Waals surface area (Å²) in [5, 5.41) is 0. The van der Waals surface area contributed by atoms with E-state index < -0.39 is 0 Å². The topological polar surface area (TPSA) is 0 Å². The fourth-order valence-corrected chi connectivity index (χ4v) is 4.30. The van der Waals surface area contributed by atoms with Crippen LogP contribution in [-0.4, -0.2) is 11.0 Å². The van der Waals surface area contributed by atoms with Gasteiger partial charge in [-0.25, -0.2) is 0 Å². The van der Waals surface area contributed by atoms with Crippen LogP contribution in [0, 0.1) is 82.9 Å². The third-order valence-corrected chi connectivity index (χ3v) is 8.72. The summed E-state index contributed by atoms with van der Waals surface area (Å²) in [5.41, 5.74) is 1.58. The van der Waals surface area contributed by atoms with Crippen molar-refractivity contribution >= 4 is 11.0 Å². The van der Waals surface area contributed by atoms with Gasteiger partial charge in [0.15, 0.2) is 0 Å². The molecular formula is C37H64Si. The average Bonchev–Trinajstić information content (AvgIpc) is 2.88. The lowest BCUT2D eigenvalue weighted by Crippen LogP contribution is -2.11. The molecule has 0 aromatic carbocycles. The molecule has 38 heavy (non-hydrogen) atoms. The first-order valence-electron chi connectivity index (χ1n) is 15.1. The van der Waals surface area contributed by atoms with Crippen LogP contribution in [0.2, 0.25) is 0 Å². The second kappa shape index (κ2) is 23.3. The van der Waals surface area contributed by atoms with Crippen LogP contribution in [0.25, 0.3) is 0 Å². The molecule has 3 aliphatic carbocycles. The Hall–Kier alpha value is -1.62. The predicted octanol–water partition coefficient (Wildman–Crippen LogP) is 9.30. The van der Waals surface area contributed by atoms with E-state index >= 15 is 0 Å². The van der Waals surface area contributed by atoms with Crippen LogP contribution in [0.15, 0.2) is 23.8 Å². The second-order valence-electron chi connectivity index (χ2n) is 12.3. The summed E-state index contributed by atoms with van der Waals surface area (Å²) in [6.07, 6.45) is 16.4. The van der Waals surface area contributed by atoms with Crippen LogP contribution < -0.4 is 0 Å². The Balaban J connectivity index is 0. The summed E-state index contributed by atoms with van der Waals surface area (Å²) in [6.45, 7) is 24.4. The molecule has 216 valence electrons. The minimum atomic E-state index is 0. The van der Waals surface area contributed by atoms with Crippen molar-refractivity contribution < 1.29 is 0 Å². The molecule has 0 amide bonds. The van der Waals surface area contributed by atoms with E-state index in [0.29, 0.717) is 11.8 Å². The first kappa shape index (κ1) is 38.5. The highest BCUT2D eigenvalue weighted by Gasteiger charge is 2.15. The van der Waals surface area contributed by atoms with E-state index in [1.165, 1.54) is 25.7 Å². The molecule has 0 radical (unpaired) electrons. The Morgan fingerprint density at radius 3 is 1.37 bits per heavy atom. The highest BCUT2D eigenvalue weighted by atomic mass is 28.1. The molecule has 0 N–H and O–H groups in total. The lowest BCUT2D eigenvalue weighted by atomic mass is 9.83. The SMILES string of the molecule is CC#CCC(C)C(C)CC#CC.CC1=CCC(C)C(C)C1.CC1CC#CCC1C.CC1CC=CCC1C.[SiH4]. The van der Waals surface area contributed by atoms with Crippen LogP contribution in [0.3, 0.4) is 0 Å². The van der Waals surface area contributed by atoms with E-state index in [-0.39, 0.29) is 11.0 Å². The van der Waals surface area contributed by atoms with Crippen LogP contribution >= 0.6 is 0 Å². The molecule has 3 aliphatic rings. The van der Waals surface area contributed by atoms with Gasteiger partial charge in [0.1, 0.15) is 0 Å². The van der Waals surface area contributed by atoms with Crippen molar-refractivity contribution in [2.75, 3.05) is 0 Å². The van der Waals surface area contributed by atoms with Crippen molar-refractivity contribution in [1.29, 1.82) is 0 Å². The molecule has 0 aliphatic heterocycles. The van der Waals surface area contributed by atoms with Gasteiger partial charge in [-0.3, -0.25) is 0 Å². The molecule has 3 rings (SSSR count). The minimum absolute atomic E-state index is 0. The standard InChI is InChI=1S/C12H18.C9H16.C8H14.C8H12.H4Si/c1-5-7-9-11(3)12(4)10-8-6-2;1-7-4-5-8(2)9(3)6-7;2*1-7-5-3-4-6-8(7)2;/h11-12H,9-10H2,1-4H3;4,8-9H,5-6H2,1-3H3;3-4,7-8H,5-6H2,1-2H3;7-8H,5-6H2,1-2H3;1H4. The van der Waals surface area contributed by atoms with Crippen molar-refractivity contribution in [2.24, 2.45) is 47.3 Å². The molecule has 1 heteroatoms. The predicted molar refractivity (Wildman–Crippen MR) is 179 cm³/mol. The molecular weight excluding hydrogens is 472 g/mol. The largest absolute Gasteiger partial charge is 0.107 e. The molecule has 0 fully saturated rings. The van der Waals surface area contributed by atoms with E-state index in [4.69, 9.17) is 0 Å². The van der Waals surface area contributed by atoms with E-state index in [0.717, 1.165) is 61.2 Å². The zero-order valence-electron chi connectivity index (χ0n) is 26.5. The number of rotatable bonds is 3. The Morgan fingerprint density at radius 1 is 0.684 bits per heavy atom. The Bertz CT molecular complexity index is 790. The molecule has 0 heterocycles. The summed E-state index contributed by atoms with van der Waals surface area (Å²) >= 11 is 0. The van der Waals surface area contributed by atoms with E-state index in [1.807, 2.05) is 13.8 Å². The smallest absolute Gasteiger partial charge is 0.0117 e. The second-order valence-corrected chi connectivity index (χ2v) is 12.3. The Morgan fingerprint density at radius 2 is 1.08 bits per heavy atom. The van der Waals surface area contributed by atoms with Crippen LogP contribution in [0.5, 0.6) is 0 Å². The fourth-order valence-electron chi connectivity index (χ4n) is 4.30. The van der Waals surface area contributed by atoms with Gasteiger partial charge in [0.25, 0.3) is 0 Å². The summed E-state index contributed by atoms with van der Waals surface area (Å²) in [7, 11) is 0. The Labute approximate surface area is 244 Å². The number of allylic oxidation sites excluding steroid dienone is 4. The summed E-state index contributed by atoms with van der Waals surface area (Å²) in [6, 6.07) is 0. The van der Waals surface area contributed by atoms with Gasteiger partial charge < -0.3 is 0 Å². The lowest BCUT2D eigenvalue weighted by Gasteiger charge is -2.23. The zero-order chi connectivity index (χ0) is 28.2. The molecule has 0 nitrogen and oxygen atoms in total. The van der Waals surface area contributed by atoms with Gasteiger partial charge in [0, 0.05) is 25.7 Å². The van der Waals surface area contributed by atoms with Crippen molar-refractivity contribution in [3.05, 3.63) is 23.8 Å². The zero-order valence-corrected chi connectivity index (χ0v) is 26.5. The molecule has 0 saturated heterocycles. The molecule has 0 spiro atoms. The number of hydrogen-bond acceptors (Lipinski definition) is 0. The quantitative estimate of drug-likeness (QED) is 0.191. The van der Waals surface area contributed by atoms with Crippen molar-refractivity contribution in [3.63, 3.8) is 0 Å². The summed E-state index contributed by atoms with van der Waals surface area (Å²) < 4.78 is 0. The highest BCUT2D eigenvalue weighted by Crippen LogP contribution is 2.28. The summed E-state index contributed by atoms with van der Waals surface area (Å²) in [5.74, 6) is 24.9. The molecule has 0 bridgehead atoms. The van der Waals surface area contributed by atoms with Gasteiger partial charge in [-0.2, -0.15) is 0 Å². The van der Waals surface area contributed by atoms with E-state index in [2.05, 4.69) is 116 Å². The lowest BCUT2D eigenvalue weighted by molar-refractivity contribution is 0.369. The van der Waals surface area contributed by atoms with E-state index in [9.17, 15) is 0 Å². The molecule has 8 atom stereocenters. The number of hydrogen-bond donors (Lipinski definition) is 0. The van der Waals surface area contributed by atoms with E-state index in [1.54, 1.807) is 5.57 Å². The normalized spacial score (nSPS) is 28.2. The van der Waals surface area contributed by atoms with Crippen LogP contribution in [-0.2, 0) is 0 Å². The van der Waals surface area contributed by atoms with Gasteiger partial charge in [0.2, 0.25) is 0 Å². The molecule has 0 saturated carbocycles. The maximum atomic E-state index is 3.11. The van der Waals surface area contributed by atoms with Crippen LogP contribution in [0.1, 0.15) is 128 Å². The minimum Gasteiger partial charge on any atom is -0.107 e. The molecule has 0 aromatic heterocycles. The molecule has 8 unspecified atom stereocenters. The van der Waals surface area contributed by atoms with Gasteiger partial charge in [0.05, 0.1) is 0 Å². The highest BCUT2D eigenvalue weighted by molar-refractivity contribution is 5.75. The third-order valence-electron chi connectivity index (χ3n) is 8.72. The first-order valence-corrected chi connectivity index (χ1v) is 15.1. The van der Waals surface area contributed by atoms with Gasteiger partial charge in [-0.05, 0) is 105 Å². The summed E-state index contributed by atoms with van der Waals surface area (Å²) in [4.78, 5) is 0. The van der Waals surface area contributed by atoms with Crippen LogP contribution in [0.4, 0.5) is 0 Å². The maximum absolute atomic E-state index is 3.11. The average molecular weight is 537 g/mol. The van der Waals surface area contributed by atoms with Gasteiger partial charge in [-0.1, -0.05) is 79.2 Å². The fraction of sp³-hybridized carbons (Fsp3) is 0.730. The van der Waals surface area contributed by atoms with Gasteiger partial charge in [-0.15, -0.1) is 35.5 Å². The van der Waals surface area contributed by atoms with Crippen molar-refractivity contribution in [3.8, 4) is 35.5 Å². The first-order chi connectivity index (χ1) is 17.5. The molecule has 0 aromatic rings. The Kier molecular flexibility index (Phi) is 23.6. The maximum Gasteiger partial charge on any atom is 0.0117 e.